The zero-order valence-corrected chi connectivity index (χ0v) is 15.5. The number of aliphatic hydroxyl groups excluding tert-OH is 2. The third kappa shape index (κ3) is 3.49. The molecule has 30 heavy (non-hydrogen) atoms. The Morgan fingerprint density at radius 1 is 1.20 bits per heavy atom. The number of nitrogens with zero attached hydrogens (tertiary/aromatic N) is 3. The molecule has 1 saturated heterocycles. The van der Waals surface area contributed by atoms with Crippen LogP contribution in [0.15, 0.2) is 41.7 Å². The maximum atomic E-state index is 12.4. The first-order chi connectivity index (χ1) is 14.4. The van der Waals surface area contributed by atoms with Gasteiger partial charge in [0.15, 0.2) is 23.2 Å². The van der Waals surface area contributed by atoms with Crippen LogP contribution in [0.25, 0.3) is 11.2 Å². The van der Waals surface area contributed by atoms with Gasteiger partial charge in [0, 0.05) is 12.0 Å². The zero-order valence-electron chi connectivity index (χ0n) is 15.5. The number of hydrogen-bond donors (Lipinski definition) is 3. The topological polar surface area (TPSA) is 170 Å². The predicted octanol–water partition coefficient (Wildman–Crippen LogP) is -1.23. The van der Waals surface area contributed by atoms with E-state index >= 15 is 0 Å². The van der Waals surface area contributed by atoms with Crippen LogP contribution in [0, 0.1) is 0 Å². The highest BCUT2D eigenvalue weighted by atomic mass is 16.6. The summed E-state index contributed by atoms with van der Waals surface area (Å²) in [6, 6.07) is 5.48. The van der Waals surface area contributed by atoms with Crippen molar-refractivity contribution in [2.24, 2.45) is 0 Å². The molecule has 0 radical (unpaired) electrons. The Hall–Kier alpha value is -3.41. The Morgan fingerprint density at radius 3 is 2.73 bits per heavy atom. The van der Waals surface area contributed by atoms with Gasteiger partial charge in [0.05, 0.1) is 24.7 Å². The minimum absolute atomic E-state index is 0.0414. The first-order valence-electron chi connectivity index (χ1n) is 9.13. The lowest BCUT2D eigenvalue weighted by Crippen LogP contribution is -2.31. The van der Waals surface area contributed by atoms with E-state index in [-0.39, 0.29) is 40.9 Å². The molecule has 1 aliphatic heterocycles. The van der Waals surface area contributed by atoms with Crippen molar-refractivity contribution in [2.45, 2.75) is 37.4 Å². The van der Waals surface area contributed by atoms with Crippen LogP contribution in [0.3, 0.4) is 0 Å². The van der Waals surface area contributed by atoms with Gasteiger partial charge in [-0.3, -0.25) is 14.2 Å². The van der Waals surface area contributed by atoms with Crippen molar-refractivity contribution in [1.82, 2.24) is 19.5 Å². The Kier molecular flexibility index (Phi) is 5.16. The minimum atomic E-state index is -1.38. The minimum Gasteiger partial charge on any atom is -0.545 e. The number of aromatic nitrogens is 4. The Balaban J connectivity index is 1.48. The molecule has 4 rings (SSSR count). The zero-order chi connectivity index (χ0) is 21.4. The number of ketones is 1. The largest absolute Gasteiger partial charge is 0.545 e. The number of aromatic carboxylic acids is 1. The fourth-order valence-electron chi connectivity index (χ4n) is 3.48. The quantitative estimate of drug-likeness (QED) is 0.418. The number of nitrogens with one attached hydrogen (secondary N) is 1. The van der Waals surface area contributed by atoms with Gasteiger partial charge in [-0.15, -0.1) is 0 Å². The van der Waals surface area contributed by atoms with Crippen LogP contribution >= 0.6 is 0 Å². The van der Waals surface area contributed by atoms with Crippen molar-refractivity contribution in [3.05, 3.63) is 58.4 Å². The van der Waals surface area contributed by atoms with Gasteiger partial charge in [-0.05, 0) is 18.1 Å². The SMILES string of the molecule is O=C([O-])c1cccc(C(=O)CC[C@H]2O[C@@H](n3cnc4c(=O)[nH]cnc43)[C@H](O)[C@@H]2O)c1. The van der Waals surface area contributed by atoms with Crippen LogP contribution in [-0.4, -0.2) is 59.8 Å². The van der Waals surface area contributed by atoms with Crippen LogP contribution in [0.5, 0.6) is 0 Å². The van der Waals surface area contributed by atoms with Gasteiger partial charge in [-0.25, -0.2) is 9.97 Å². The molecule has 0 spiro atoms. The molecule has 1 aromatic carbocycles. The molecule has 2 aromatic heterocycles. The van der Waals surface area contributed by atoms with Crippen LogP contribution in [0.4, 0.5) is 0 Å². The molecule has 1 aliphatic rings. The van der Waals surface area contributed by atoms with E-state index in [2.05, 4.69) is 15.0 Å². The van der Waals surface area contributed by atoms with Crippen LogP contribution < -0.4 is 10.7 Å². The molecule has 11 heteroatoms. The van der Waals surface area contributed by atoms with Gasteiger partial charge in [-0.1, -0.05) is 18.2 Å². The summed E-state index contributed by atoms with van der Waals surface area (Å²) in [7, 11) is 0. The monoisotopic (exact) mass is 413 g/mol. The average Bonchev–Trinajstić information content (AvgIpc) is 3.29. The molecule has 0 bridgehead atoms. The van der Waals surface area contributed by atoms with Gasteiger partial charge in [0.25, 0.3) is 5.56 Å². The van der Waals surface area contributed by atoms with E-state index in [4.69, 9.17) is 4.74 Å². The summed E-state index contributed by atoms with van der Waals surface area (Å²) in [6.45, 7) is 0. The van der Waals surface area contributed by atoms with E-state index in [1.54, 1.807) is 0 Å². The number of benzene rings is 1. The molecule has 3 heterocycles. The number of rotatable bonds is 6. The van der Waals surface area contributed by atoms with Crippen molar-refractivity contribution in [3.8, 4) is 0 Å². The number of ether oxygens (including phenoxy) is 1. The number of H-pyrrole nitrogens is 1. The number of carboxylic acids is 1. The average molecular weight is 413 g/mol. The number of carboxylic acid groups (broad SMARTS) is 1. The van der Waals surface area contributed by atoms with Gasteiger partial charge in [-0.2, -0.15) is 0 Å². The van der Waals surface area contributed by atoms with Crippen molar-refractivity contribution in [3.63, 3.8) is 0 Å². The number of fused-ring (bicyclic) bond motifs is 1. The smallest absolute Gasteiger partial charge is 0.278 e. The third-order valence-corrected chi connectivity index (χ3v) is 5.05. The summed E-state index contributed by atoms with van der Waals surface area (Å²) in [5, 5.41) is 31.7. The normalized spacial score (nSPS) is 23.7. The van der Waals surface area contributed by atoms with Crippen molar-refractivity contribution in [1.29, 1.82) is 0 Å². The van der Waals surface area contributed by atoms with Crippen LogP contribution in [0.1, 0.15) is 39.8 Å². The van der Waals surface area contributed by atoms with Gasteiger partial charge < -0.3 is 29.8 Å². The van der Waals surface area contributed by atoms with E-state index in [0.717, 1.165) is 0 Å². The molecule has 1 fully saturated rings. The van der Waals surface area contributed by atoms with Gasteiger partial charge in [0.2, 0.25) is 0 Å². The standard InChI is InChI=1S/C19H18N4O7/c24-11(9-2-1-3-10(6-9)19(28)29)4-5-12-14(25)15(26)18(30-12)23-8-22-13-16(23)20-7-21-17(13)27/h1-3,6-8,12,14-15,18,25-26H,4-5H2,(H,28,29)(H,20,21,27)/p-1/t12-,14-,15-,18-/m1/s1. The predicted molar refractivity (Wildman–Crippen MR) is 98.4 cm³/mol. The molecule has 0 saturated carbocycles. The molecule has 0 aliphatic carbocycles. The van der Waals surface area contributed by atoms with Crippen molar-refractivity contribution in [2.75, 3.05) is 0 Å². The summed E-state index contributed by atoms with van der Waals surface area (Å²) in [4.78, 5) is 45.5. The number of imidazole rings is 1. The molecule has 11 nitrogen and oxygen atoms in total. The van der Waals surface area contributed by atoms with E-state index in [0.29, 0.717) is 0 Å². The van der Waals surface area contributed by atoms with E-state index in [9.17, 15) is 29.7 Å². The van der Waals surface area contributed by atoms with E-state index in [1.165, 1.54) is 41.5 Å². The van der Waals surface area contributed by atoms with Crippen molar-refractivity contribution < 1.29 is 29.6 Å². The van der Waals surface area contributed by atoms with Gasteiger partial charge in [0.1, 0.15) is 12.2 Å². The fourth-order valence-corrected chi connectivity index (χ4v) is 3.48. The lowest BCUT2D eigenvalue weighted by Gasteiger charge is -2.16. The number of Topliss-reactive ketones (excluding diaryl/α,β-unsaturated/α-hetero) is 1. The highest BCUT2D eigenvalue weighted by molar-refractivity contribution is 5.98. The lowest BCUT2D eigenvalue weighted by molar-refractivity contribution is -0.255. The first-order valence-corrected chi connectivity index (χ1v) is 9.13. The highest BCUT2D eigenvalue weighted by Gasteiger charge is 2.44. The molecule has 3 N–H and O–H groups in total. The summed E-state index contributed by atoms with van der Waals surface area (Å²) in [5.41, 5.74) is -0.110. The fraction of sp³-hybridized carbons (Fsp3) is 0.316. The summed E-state index contributed by atoms with van der Waals surface area (Å²) in [6.07, 6.45) is -1.99. The second-order valence-corrected chi connectivity index (χ2v) is 6.93. The maximum Gasteiger partial charge on any atom is 0.278 e. The lowest BCUT2D eigenvalue weighted by atomic mass is 10.00. The molecule has 4 atom stereocenters. The second-order valence-electron chi connectivity index (χ2n) is 6.93. The second kappa shape index (κ2) is 7.78. The third-order valence-electron chi connectivity index (χ3n) is 5.05. The van der Waals surface area contributed by atoms with Gasteiger partial charge >= 0.3 is 0 Å². The number of aromatic amines is 1. The first kappa shape index (κ1) is 19.9. The molecule has 0 amide bonds. The summed E-state index contributed by atoms with van der Waals surface area (Å²) in [5.74, 6) is -1.72. The number of hydrogen-bond acceptors (Lipinski definition) is 9. The summed E-state index contributed by atoms with van der Waals surface area (Å²) < 4.78 is 7.09. The Labute approximate surface area is 168 Å². The van der Waals surface area contributed by atoms with Crippen molar-refractivity contribution >= 4 is 22.9 Å². The number of aliphatic hydroxyl groups is 2. The Bertz CT molecular complexity index is 1170. The van der Waals surface area contributed by atoms with E-state index in [1.807, 2.05) is 0 Å². The molecular formula is C19H17N4O7-. The molecule has 3 aromatic rings. The summed E-state index contributed by atoms with van der Waals surface area (Å²) >= 11 is 0. The van der Waals surface area contributed by atoms with Crippen LogP contribution in [0.2, 0.25) is 0 Å². The molecule has 156 valence electrons. The van der Waals surface area contributed by atoms with Crippen LogP contribution in [-0.2, 0) is 4.74 Å². The maximum absolute atomic E-state index is 12.4. The Morgan fingerprint density at radius 2 is 1.97 bits per heavy atom. The molecule has 0 unspecified atom stereocenters. The van der Waals surface area contributed by atoms with E-state index < -0.39 is 36.1 Å². The number of carbonyl (C=O) groups is 2. The highest BCUT2D eigenvalue weighted by Crippen LogP contribution is 2.33. The molecular weight excluding hydrogens is 396 g/mol. The number of carbonyl (C=O) groups excluding carboxylic acids is 2.